The van der Waals surface area contributed by atoms with Gasteiger partial charge in [-0.15, -0.1) is 0 Å². The Labute approximate surface area is 125 Å². The topological polar surface area (TPSA) is 130 Å². The van der Waals surface area contributed by atoms with E-state index < -0.39 is 25.1 Å². The van der Waals surface area contributed by atoms with Gasteiger partial charge in [-0.25, -0.2) is 21.1 Å². The second kappa shape index (κ2) is 6.09. The summed E-state index contributed by atoms with van der Waals surface area (Å²) in [6.07, 6.45) is 1.37. The Morgan fingerprint density at radius 2 is 1.67 bits per heavy atom. The first-order valence-corrected chi connectivity index (χ1v) is 10.3. The van der Waals surface area contributed by atoms with Crippen molar-refractivity contribution in [2.75, 3.05) is 24.6 Å². The highest BCUT2D eigenvalue weighted by Crippen LogP contribution is 2.26. The lowest BCUT2D eigenvalue weighted by molar-refractivity contribution is 0.289. The summed E-state index contributed by atoms with van der Waals surface area (Å²) < 4.78 is 49.2. The van der Waals surface area contributed by atoms with E-state index in [9.17, 15) is 16.8 Å². The first-order chi connectivity index (χ1) is 9.76. The SMILES string of the molecule is NC(=NO)C1CCN(S(=O)(=O)C2CCS(=O)(=O)CC2)CC1. The number of sulfone groups is 1. The van der Waals surface area contributed by atoms with Gasteiger partial charge in [0.25, 0.3) is 0 Å². The molecule has 8 nitrogen and oxygen atoms in total. The molecule has 0 spiro atoms. The maximum absolute atomic E-state index is 12.5. The number of hydrogen-bond acceptors (Lipinski definition) is 6. The lowest BCUT2D eigenvalue weighted by Gasteiger charge is -2.34. The summed E-state index contributed by atoms with van der Waals surface area (Å²) in [6.45, 7) is 0.652. The molecule has 0 amide bonds. The predicted molar refractivity (Wildman–Crippen MR) is 78.3 cm³/mol. The van der Waals surface area contributed by atoms with E-state index in [0.29, 0.717) is 25.9 Å². The minimum absolute atomic E-state index is 0.0581. The number of hydrogen-bond donors (Lipinski definition) is 2. The van der Waals surface area contributed by atoms with Crippen LogP contribution < -0.4 is 5.73 Å². The molecule has 2 aliphatic rings. The van der Waals surface area contributed by atoms with Crippen LogP contribution in [-0.4, -0.2) is 62.0 Å². The van der Waals surface area contributed by atoms with Gasteiger partial charge >= 0.3 is 0 Å². The smallest absolute Gasteiger partial charge is 0.217 e. The third-order valence-electron chi connectivity index (χ3n) is 4.27. The summed E-state index contributed by atoms with van der Waals surface area (Å²) in [5.74, 6) is -0.0846. The first-order valence-electron chi connectivity index (χ1n) is 6.93. The molecule has 0 aromatic rings. The van der Waals surface area contributed by atoms with Crippen LogP contribution in [0.5, 0.6) is 0 Å². The zero-order valence-corrected chi connectivity index (χ0v) is 13.3. The second-order valence-corrected chi connectivity index (χ2v) is 10.1. The minimum Gasteiger partial charge on any atom is -0.409 e. The number of piperidine rings is 1. The normalized spacial score (nSPS) is 26.8. The Morgan fingerprint density at radius 3 is 2.14 bits per heavy atom. The first kappa shape index (κ1) is 16.5. The fraction of sp³-hybridized carbons (Fsp3) is 0.909. The van der Waals surface area contributed by atoms with Gasteiger partial charge in [0.15, 0.2) is 0 Å². The lowest BCUT2D eigenvalue weighted by atomic mass is 9.97. The summed E-state index contributed by atoms with van der Waals surface area (Å²) in [7, 11) is -6.54. The summed E-state index contributed by atoms with van der Waals surface area (Å²) in [4.78, 5) is 0. The van der Waals surface area contributed by atoms with Crippen LogP contribution in [0.15, 0.2) is 5.16 Å². The van der Waals surface area contributed by atoms with Gasteiger partial charge in [0.2, 0.25) is 10.0 Å². The molecule has 2 fully saturated rings. The maximum atomic E-state index is 12.5. The standard InChI is InChI=1S/C11H21N3O5S2/c12-11(13-15)9-1-5-14(6-2-9)21(18,19)10-3-7-20(16,17)8-4-10/h9-10,15H,1-8H2,(H2,12,13). The van der Waals surface area contributed by atoms with Gasteiger partial charge < -0.3 is 10.9 Å². The van der Waals surface area contributed by atoms with Crippen molar-refractivity contribution in [2.24, 2.45) is 16.8 Å². The molecule has 0 aromatic heterocycles. The van der Waals surface area contributed by atoms with E-state index >= 15 is 0 Å². The Balaban J connectivity index is 1.99. The minimum atomic E-state index is -3.47. The zero-order chi connectivity index (χ0) is 15.7. The maximum Gasteiger partial charge on any atom is 0.217 e. The number of oxime groups is 1. The molecule has 0 bridgehead atoms. The van der Waals surface area contributed by atoms with E-state index in [2.05, 4.69) is 5.16 Å². The van der Waals surface area contributed by atoms with Gasteiger partial charge in [-0.2, -0.15) is 0 Å². The Kier molecular flexibility index (Phi) is 4.79. The van der Waals surface area contributed by atoms with Crippen molar-refractivity contribution >= 4 is 25.7 Å². The van der Waals surface area contributed by atoms with Crippen molar-refractivity contribution in [3.63, 3.8) is 0 Å². The molecular weight excluding hydrogens is 318 g/mol. The van der Waals surface area contributed by atoms with Gasteiger partial charge in [0, 0.05) is 19.0 Å². The average molecular weight is 339 g/mol. The molecule has 2 saturated heterocycles. The average Bonchev–Trinajstić information content (AvgIpc) is 2.46. The van der Waals surface area contributed by atoms with Crippen molar-refractivity contribution in [3.05, 3.63) is 0 Å². The fourth-order valence-electron chi connectivity index (χ4n) is 2.86. The van der Waals surface area contributed by atoms with Gasteiger partial charge in [-0.1, -0.05) is 5.16 Å². The number of rotatable bonds is 3. The van der Waals surface area contributed by atoms with E-state index in [0.717, 1.165) is 0 Å². The van der Waals surface area contributed by atoms with Gasteiger partial charge in [-0.05, 0) is 25.7 Å². The predicted octanol–water partition coefficient (Wildman–Crippen LogP) is -0.648. The van der Waals surface area contributed by atoms with Crippen LogP contribution in [-0.2, 0) is 19.9 Å². The van der Waals surface area contributed by atoms with Crippen LogP contribution >= 0.6 is 0 Å². The summed E-state index contributed by atoms with van der Waals surface area (Å²) in [5, 5.41) is 11.0. The highest BCUT2D eigenvalue weighted by atomic mass is 32.2. The number of amidine groups is 1. The molecule has 3 N–H and O–H groups in total. The van der Waals surface area contributed by atoms with E-state index in [-0.39, 0.29) is 36.1 Å². The molecule has 2 heterocycles. The molecular formula is C11H21N3O5S2. The van der Waals surface area contributed by atoms with Crippen molar-refractivity contribution < 1.29 is 22.0 Å². The molecule has 2 rings (SSSR count). The Morgan fingerprint density at radius 1 is 1.14 bits per heavy atom. The van der Waals surface area contributed by atoms with Crippen molar-refractivity contribution in [1.29, 1.82) is 0 Å². The molecule has 0 unspecified atom stereocenters. The van der Waals surface area contributed by atoms with Crippen LogP contribution in [0.2, 0.25) is 0 Å². The van der Waals surface area contributed by atoms with Crippen molar-refractivity contribution in [2.45, 2.75) is 30.9 Å². The van der Waals surface area contributed by atoms with E-state index in [1.54, 1.807) is 0 Å². The summed E-state index contributed by atoms with van der Waals surface area (Å²) in [6, 6.07) is 0. The molecule has 0 atom stereocenters. The molecule has 10 heteroatoms. The van der Waals surface area contributed by atoms with Gasteiger partial charge in [0.1, 0.15) is 15.7 Å². The second-order valence-electron chi connectivity index (χ2n) is 5.59. The van der Waals surface area contributed by atoms with Crippen LogP contribution in [0, 0.1) is 5.92 Å². The number of sulfonamides is 1. The van der Waals surface area contributed by atoms with E-state index in [1.165, 1.54) is 4.31 Å². The lowest BCUT2D eigenvalue weighted by Crippen LogP contribution is -2.47. The third kappa shape index (κ3) is 3.67. The Bertz CT molecular complexity index is 592. The summed E-state index contributed by atoms with van der Waals surface area (Å²) >= 11 is 0. The molecule has 2 aliphatic heterocycles. The summed E-state index contributed by atoms with van der Waals surface area (Å²) in [5.41, 5.74) is 5.54. The van der Waals surface area contributed by atoms with Gasteiger partial charge in [-0.3, -0.25) is 0 Å². The molecule has 0 radical (unpaired) electrons. The van der Waals surface area contributed by atoms with Crippen LogP contribution in [0.1, 0.15) is 25.7 Å². The Hall–Kier alpha value is -0.870. The van der Waals surface area contributed by atoms with Crippen LogP contribution in [0.4, 0.5) is 0 Å². The molecule has 21 heavy (non-hydrogen) atoms. The van der Waals surface area contributed by atoms with E-state index in [4.69, 9.17) is 10.9 Å². The number of nitrogens with zero attached hydrogens (tertiary/aromatic N) is 2. The van der Waals surface area contributed by atoms with Crippen LogP contribution in [0.3, 0.4) is 0 Å². The molecule has 122 valence electrons. The highest BCUT2D eigenvalue weighted by Gasteiger charge is 2.38. The molecule has 0 aromatic carbocycles. The van der Waals surface area contributed by atoms with Crippen molar-refractivity contribution in [1.82, 2.24) is 4.31 Å². The third-order valence-corrected chi connectivity index (χ3v) is 8.38. The van der Waals surface area contributed by atoms with Crippen LogP contribution in [0.25, 0.3) is 0 Å². The molecule has 0 aliphatic carbocycles. The van der Waals surface area contributed by atoms with E-state index in [1.807, 2.05) is 0 Å². The zero-order valence-electron chi connectivity index (χ0n) is 11.7. The number of nitrogens with two attached hydrogens (primary N) is 1. The monoisotopic (exact) mass is 339 g/mol. The largest absolute Gasteiger partial charge is 0.409 e. The highest BCUT2D eigenvalue weighted by molar-refractivity contribution is 7.92. The molecule has 0 saturated carbocycles. The quantitative estimate of drug-likeness (QED) is 0.304. The van der Waals surface area contributed by atoms with Crippen molar-refractivity contribution in [3.8, 4) is 0 Å². The fourth-order valence-corrected chi connectivity index (χ4v) is 6.63. The van der Waals surface area contributed by atoms with Gasteiger partial charge in [0.05, 0.1) is 16.8 Å².